The van der Waals surface area contributed by atoms with Gasteiger partial charge in [0.2, 0.25) is 0 Å². The zero-order valence-electron chi connectivity index (χ0n) is 15.5. The van der Waals surface area contributed by atoms with E-state index >= 15 is 0 Å². The van der Waals surface area contributed by atoms with Crippen LogP contribution in [0.4, 0.5) is 16.0 Å². The van der Waals surface area contributed by atoms with Crippen molar-refractivity contribution >= 4 is 11.6 Å². The van der Waals surface area contributed by atoms with E-state index in [1.807, 2.05) is 43.3 Å². The summed E-state index contributed by atoms with van der Waals surface area (Å²) in [5.41, 5.74) is 1.73. The van der Waals surface area contributed by atoms with Crippen molar-refractivity contribution in [3.8, 4) is 5.75 Å². The number of ether oxygens (including phenoxy) is 1. The maximum absolute atomic E-state index is 13.7. The summed E-state index contributed by atoms with van der Waals surface area (Å²) >= 11 is 0. The lowest BCUT2D eigenvalue weighted by molar-refractivity contribution is 0.410. The number of hydrogen-bond acceptors (Lipinski definition) is 5. The Morgan fingerprint density at radius 1 is 0.926 bits per heavy atom. The Morgan fingerprint density at radius 3 is 2.33 bits per heavy atom. The third kappa shape index (κ3) is 5.17. The van der Waals surface area contributed by atoms with Crippen LogP contribution in [0.1, 0.15) is 17.0 Å². The van der Waals surface area contributed by atoms with Crippen molar-refractivity contribution in [2.45, 2.75) is 19.9 Å². The van der Waals surface area contributed by atoms with Gasteiger partial charge in [-0.1, -0.05) is 36.4 Å². The van der Waals surface area contributed by atoms with Crippen LogP contribution >= 0.6 is 0 Å². The smallest absolute Gasteiger partial charge is 0.132 e. The molecule has 140 valence electrons. The zero-order valence-corrected chi connectivity index (χ0v) is 15.5. The molecule has 0 saturated carbocycles. The Bertz CT molecular complexity index is 901. The fraction of sp³-hybridized carbons (Fsp3) is 0.238. The number of nitrogens with one attached hydrogen (secondary N) is 2. The summed E-state index contributed by atoms with van der Waals surface area (Å²) in [6.07, 6.45) is 0.811. The second-order valence-electron chi connectivity index (χ2n) is 6.12. The molecule has 0 radical (unpaired) electrons. The van der Waals surface area contributed by atoms with E-state index < -0.39 is 0 Å². The van der Waals surface area contributed by atoms with Crippen LogP contribution in [0.2, 0.25) is 0 Å². The van der Waals surface area contributed by atoms with Gasteiger partial charge < -0.3 is 15.4 Å². The fourth-order valence-electron chi connectivity index (χ4n) is 2.81. The maximum atomic E-state index is 13.7. The average molecular weight is 366 g/mol. The predicted molar refractivity (Wildman–Crippen MR) is 106 cm³/mol. The van der Waals surface area contributed by atoms with Gasteiger partial charge in [-0.15, -0.1) is 0 Å². The van der Waals surface area contributed by atoms with E-state index in [9.17, 15) is 4.39 Å². The maximum Gasteiger partial charge on any atom is 0.132 e. The second kappa shape index (κ2) is 8.98. The Balaban J connectivity index is 1.60. The normalized spacial score (nSPS) is 10.5. The van der Waals surface area contributed by atoms with E-state index in [0.717, 1.165) is 23.6 Å². The number of anilines is 2. The number of aromatic nitrogens is 2. The van der Waals surface area contributed by atoms with Crippen molar-refractivity contribution in [2.75, 3.05) is 24.3 Å². The number of para-hydroxylation sites is 1. The third-order valence-electron chi connectivity index (χ3n) is 4.15. The monoisotopic (exact) mass is 366 g/mol. The summed E-state index contributed by atoms with van der Waals surface area (Å²) in [6.45, 7) is 2.91. The largest absolute Gasteiger partial charge is 0.496 e. The first-order chi connectivity index (χ1) is 13.2. The van der Waals surface area contributed by atoms with Crippen LogP contribution in [0.15, 0.2) is 54.6 Å². The molecule has 0 aliphatic carbocycles. The fourth-order valence-corrected chi connectivity index (χ4v) is 2.81. The van der Waals surface area contributed by atoms with Crippen LogP contribution in [-0.4, -0.2) is 23.6 Å². The summed E-state index contributed by atoms with van der Waals surface area (Å²) in [6, 6.07) is 16.5. The highest BCUT2D eigenvalue weighted by atomic mass is 19.1. The Labute approximate surface area is 158 Å². The first-order valence-corrected chi connectivity index (χ1v) is 8.84. The van der Waals surface area contributed by atoms with Crippen molar-refractivity contribution in [3.05, 3.63) is 77.4 Å². The van der Waals surface area contributed by atoms with Gasteiger partial charge >= 0.3 is 0 Å². The van der Waals surface area contributed by atoms with Gasteiger partial charge in [0, 0.05) is 24.7 Å². The quantitative estimate of drug-likeness (QED) is 0.626. The summed E-state index contributed by atoms with van der Waals surface area (Å²) < 4.78 is 19.1. The van der Waals surface area contributed by atoms with Gasteiger partial charge in [-0.3, -0.25) is 0 Å². The van der Waals surface area contributed by atoms with E-state index in [0.29, 0.717) is 30.3 Å². The number of halogens is 1. The highest BCUT2D eigenvalue weighted by molar-refractivity contribution is 5.48. The highest BCUT2D eigenvalue weighted by Crippen LogP contribution is 2.18. The van der Waals surface area contributed by atoms with Crippen LogP contribution < -0.4 is 15.4 Å². The average Bonchev–Trinajstić information content (AvgIpc) is 2.67. The number of aryl methyl sites for hydroxylation is 1. The molecule has 0 unspecified atom stereocenters. The van der Waals surface area contributed by atoms with Gasteiger partial charge in [0.15, 0.2) is 0 Å². The van der Waals surface area contributed by atoms with Gasteiger partial charge in [0.05, 0.1) is 7.11 Å². The molecule has 27 heavy (non-hydrogen) atoms. The molecule has 2 aromatic carbocycles. The molecule has 0 aliphatic rings. The van der Waals surface area contributed by atoms with Crippen LogP contribution in [-0.2, 0) is 13.0 Å². The minimum Gasteiger partial charge on any atom is -0.496 e. The van der Waals surface area contributed by atoms with Crippen LogP contribution in [0.25, 0.3) is 0 Å². The van der Waals surface area contributed by atoms with Gasteiger partial charge in [-0.05, 0) is 31.0 Å². The van der Waals surface area contributed by atoms with Crippen molar-refractivity contribution in [3.63, 3.8) is 0 Å². The summed E-state index contributed by atoms with van der Waals surface area (Å²) in [5, 5.41) is 6.47. The topological polar surface area (TPSA) is 59.1 Å². The van der Waals surface area contributed by atoms with Crippen molar-refractivity contribution < 1.29 is 9.13 Å². The molecule has 0 fully saturated rings. The van der Waals surface area contributed by atoms with Crippen molar-refractivity contribution in [2.24, 2.45) is 0 Å². The SMILES string of the molecule is COc1ccccc1CCNc1cc(NCc2ccccc2F)nc(C)n1. The molecule has 3 aromatic rings. The van der Waals surface area contributed by atoms with Crippen LogP contribution in [0.3, 0.4) is 0 Å². The zero-order chi connectivity index (χ0) is 19.1. The van der Waals surface area contributed by atoms with E-state index in [1.165, 1.54) is 6.07 Å². The molecule has 0 spiro atoms. The van der Waals surface area contributed by atoms with Crippen molar-refractivity contribution in [1.82, 2.24) is 9.97 Å². The van der Waals surface area contributed by atoms with Gasteiger partial charge in [0.25, 0.3) is 0 Å². The summed E-state index contributed by atoms with van der Waals surface area (Å²) in [7, 11) is 1.67. The molecular formula is C21H23FN4O. The minimum atomic E-state index is -0.231. The second-order valence-corrected chi connectivity index (χ2v) is 6.12. The van der Waals surface area contributed by atoms with Gasteiger partial charge in [-0.25, -0.2) is 14.4 Å². The van der Waals surface area contributed by atoms with Crippen molar-refractivity contribution in [1.29, 1.82) is 0 Å². The van der Waals surface area contributed by atoms with Gasteiger partial charge in [0.1, 0.15) is 29.0 Å². The van der Waals surface area contributed by atoms with E-state index in [-0.39, 0.29) is 5.82 Å². The standard InChI is InChI=1S/C21H23FN4O/c1-15-25-20(23-12-11-16-7-4-6-10-19(16)27-2)13-21(26-15)24-14-17-8-3-5-9-18(17)22/h3-10,13H,11-12,14H2,1-2H3,(H2,23,24,25,26). The van der Waals surface area contributed by atoms with Crippen LogP contribution in [0.5, 0.6) is 5.75 Å². The Hall–Kier alpha value is -3.15. The Kier molecular flexibility index (Phi) is 6.20. The summed E-state index contributed by atoms with van der Waals surface area (Å²) in [4.78, 5) is 8.78. The molecule has 0 amide bonds. The molecule has 1 heterocycles. The first kappa shape index (κ1) is 18.6. The lowest BCUT2D eigenvalue weighted by atomic mass is 10.1. The van der Waals surface area contributed by atoms with E-state index in [1.54, 1.807) is 19.2 Å². The lowest BCUT2D eigenvalue weighted by Gasteiger charge is -2.12. The number of nitrogens with zero attached hydrogens (tertiary/aromatic N) is 2. The molecule has 2 N–H and O–H groups in total. The van der Waals surface area contributed by atoms with E-state index in [4.69, 9.17) is 4.74 Å². The molecule has 0 atom stereocenters. The molecule has 3 rings (SSSR count). The molecular weight excluding hydrogens is 343 g/mol. The first-order valence-electron chi connectivity index (χ1n) is 8.84. The number of rotatable bonds is 8. The molecule has 0 aliphatic heterocycles. The number of methoxy groups -OCH3 is 1. The molecule has 5 nitrogen and oxygen atoms in total. The lowest BCUT2D eigenvalue weighted by Crippen LogP contribution is -2.10. The minimum absolute atomic E-state index is 0.231. The summed E-state index contributed by atoms with van der Waals surface area (Å²) in [5.74, 6) is 2.68. The molecule has 0 bridgehead atoms. The molecule has 0 saturated heterocycles. The number of benzene rings is 2. The third-order valence-corrected chi connectivity index (χ3v) is 4.15. The van der Waals surface area contributed by atoms with Crippen LogP contribution in [0, 0.1) is 12.7 Å². The predicted octanol–water partition coefficient (Wildman–Crippen LogP) is 4.20. The number of hydrogen-bond donors (Lipinski definition) is 2. The van der Waals surface area contributed by atoms with Gasteiger partial charge in [-0.2, -0.15) is 0 Å². The molecule has 6 heteroatoms. The van der Waals surface area contributed by atoms with E-state index in [2.05, 4.69) is 20.6 Å². The molecule has 1 aromatic heterocycles. The highest BCUT2D eigenvalue weighted by Gasteiger charge is 2.05. The Morgan fingerprint density at radius 2 is 1.59 bits per heavy atom.